The molecule has 0 N–H and O–H groups in total. The molecule has 0 aliphatic carbocycles. The minimum absolute atomic E-state index is 1.02. The molecule has 2 heterocycles. The highest BCUT2D eigenvalue weighted by molar-refractivity contribution is 7.13. The third kappa shape index (κ3) is 5.23. The van der Waals surface area contributed by atoms with Gasteiger partial charge in [-0.3, -0.25) is 0 Å². The topological polar surface area (TPSA) is 7.12 Å². The SMILES string of the molecule is CCN(CC)c1ccc(C#Cc2ccc(C#Cc3cc[n+](C)cc3)s2)cc1. The van der Waals surface area contributed by atoms with E-state index in [0.717, 1.165) is 34.0 Å². The van der Waals surface area contributed by atoms with E-state index in [-0.39, 0.29) is 0 Å². The summed E-state index contributed by atoms with van der Waals surface area (Å²) in [7, 11) is 2.00. The van der Waals surface area contributed by atoms with E-state index in [1.807, 2.05) is 48.3 Å². The van der Waals surface area contributed by atoms with Crippen LogP contribution in [0.3, 0.4) is 0 Å². The van der Waals surface area contributed by atoms with Crippen molar-refractivity contribution in [3.05, 3.63) is 81.8 Å². The summed E-state index contributed by atoms with van der Waals surface area (Å²) < 4.78 is 2.00. The average Bonchev–Trinajstić information content (AvgIpc) is 3.16. The van der Waals surface area contributed by atoms with Crippen LogP contribution in [0.2, 0.25) is 0 Å². The lowest BCUT2D eigenvalue weighted by atomic mass is 10.2. The fourth-order valence-electron chi connectivity index (χ4n) is 2.67. The Bertz CT molecular complexity index is 1000. The maximum absolute atomic E-state index is 3.25. The van der Waals surface area contributed by atoms with Gasteiger partial charge in [-0.2, -0.15) is 0 Å². The van der Waals surface area contributed by atoms with Crippen LogP contribution < -0.4 is 9.47 Å². The van der Waals surface area contributed by atoms with Gasteiger partial charge < -0.3 is 4.90 Å². The molecule has 2 aromatic heterocycles. The minimum atomic E-state index is 1.02. The molecule has 0 saturated carbocycles. The summed E-state index contributed by atoms with van der Waals surface area (Å²) in [4.78, 5) is 4.39. The first-order valence-electron chi connectivity index (χ1n) is 9.12. The predicted octanol–water partition coefficient (Wildman–Crippen LogP) is 4.22. The summed E-state index contributed by atoms with van der Waals surface area (Å²) in [6.45, 7) is 6.38. The molecule has 0 atom stereocenters. The number of hydrogen-bond acceptors (Lipinski definition) is 2. The first-order chi connectivity index (χ1) is 13.2. The van der Waals surface area contributed by atoms with Gasteiger partial charge in [-0.05, 0) is 50.2 Å². The van der Waals surface area contributed by atoms with Crippen molar-refractivity contribution in [1.82, 2.24) is 0 Å². The molecule has 27 heavy (non-hydrogen) atoms. The van der Waals surface area contributed by atoms with E-state index >= 15 is 0 Å². The van der Waals surface area contributed by atoms with E-state index in [1.165, 1.54) is 5.69 Å². The lowest BCUT2D eigenvalue weighted by Gasteiger charge is -2.20. The summed E-state index contributed by atoms with van der Waals surface area (Å²) in [5, 5.41) is 0. The van der Waals surface area contributed by atoms with Crippen LogP contribution in [0.25, 0.3) is 0 Å². The third-order valence-corrected chi connectivity index (χ3v) is 5.16. The molecule has 1 aromatic carbocycles. The maximum atomic E-state index is 3.25. The number of hydrogen-bond donors (Lipinski definition) is 0. The zero-order chi connectivity index (χ0) is 19.1. The molecule has 3 heteroatoms. The van der Waals surface area contributed by atoms with Crippen LogP contribution >= 0.6 is 11.3 Å². The Morgan fingerprint density at radius 2 is 1.26 bits per heavy atom. The second kappa shape index (κ2) is 9.08. The molecule has 3 rings (SSSR count). The van der Waals surface area contributed by atoms with E-state index < -0.39 is 0 Å². The van der Waals surface area contributed by atoms with Gasteiger partial charge >= 0.3 is 0 Å². The molecule has 0 aliphatic rings. The highest BCUT2D eigenvalue weighted by Crippen LogP contribution is 2.16. The van der Waals surface area contributed by atoms with Crippen LogP contribution in [-0.4, -0.2) is 13.1 Å². The minimum Gasteiger partial charge on any atom is -0.372 e. The number of nitrogens with zero attached hydrogens (tertiary/aromatic N) is 2. The van der Waals surface area contributed by atoms with Crippen molar-refractivity contribution in [3.63, 3.8) is 0 Å². The summed E-state index contributed by atoms with van der Waals surface area (Å²) in [6, 6.07) is 16.6. The number of thiophene rings is 1. The average molecular weight is 372 g/mol. The molecule has 0 radical (unpaired) electrons. The van der Waals surface area contributed by atoms with Crippen LogP contribution in [0.1, 0.15) is 34.7 Å². The van der Waals surface area contributed by atoms with Crippen molar-refractivity contribution in [2.45, 2.75) is 13.8 Å². The van der Waals surface area contributed by atoms with Gasteiger partial charge in [0.05, 0.1) is 9.75 Å². The van der Waals surface area contributed by atoms with Crippen LogP contribution in [0, 0.1) is 23.7 Å². The number of pyridine rings is 1. The molecule has 0 aliphatic heterocycles. The van der Waals surface area contributed by atoms with Gasteiger partial charge in [0.2, 0.25) is 0 Å². The first-order valence-corrected chi connectivity index (χ1v) is 9.93. The first kappa shape index (κ1) is 18.8. The van der Waals surface area contributed by atoms with Gasteiger partial charge in [0.25, 0.3) is 0 Å². The molecule has 0 bridgehead atoms. The smallest absolute Gasteiger partial charge is 0.169 e. The Morgan fingerprint density at radius 3 is 1.78 bits per heavy atom. The largest absolute Gasteiger partial charge is 0.372 e. The van der Waals surface area contributed by atoms with E-state index in [1.54, 1.807) is 11.3 Å². The molecular formula is C24H23N2S+. The Balaban J connectivity index is 1.69. The van der Waals surface area contributed by atoms with Crippen molar-refractivity contribution >= 4 is 17.0 Å². The Labute approximate surface area is 166 Å². The van der Waals surface area contributed by atoms with Gasteiger partial charge in [-0.15, -0.1) is 11.3 Å². The molecular weight excluding hydrogens is 348 g/mol. The lowest BCUT2D eigenvalue weighted by Crippen LogP contribution is -2.25. The Morgan fingerprint density at radius 1 is 0.741 bits per heavy atom. The highest BCUT2D eigenvalue weighted by Gasteiger charge is 2.00. The number of aryl methyl sites for hydroxylation is 1. The highest BCUT2D eigenvalue weighted by atomic mass is 32.1. The third-order valence-electron chi connectivity index (χ3n) is 4.24. The maximum Gasteiger partial charge on any atom is 0.169 e. The van der Waals surface area contributed by atoms with Crippen molar-refractivity contribution in [2.75, 3.05) is 18.0 Å². The summed E-state index contributed by atoms with van der Waals surface area (Å²) in [5.74, 6) is 12.9. The Kier molecular flexibility index (Phi) is 6.31. The number of anilines is 1. The second-order valence-electron chi connectivity index (χ2n) is 6.14. The second-order valence-corrected chi connectivity index (χ2v) is 7.22. The van der Waals surface area contributed by atoms with Crippen molar-refractivity contribution in [1.29, 1.82) is 0 Å². The number of rotatable bonds is 3. The summed E-state index contributed by atoms with van der Waals surface area (Å²) in [5.41, 5.74) is 3.29. The quantitative estimate of drug-likeness (QED) is 0.494. The molecule has 0 amide bonds. The van der Waals surface area contributed by atoms with Crippen LogP contribution in [0.4, 0.5) is 5.69 Å². The van der Waals surface area contributed by atoms with E-state index in [0.29, 0.717) is 0 Å². The van der Waals surface area contributed by atoms with Gasteiger partial charge in [0.15, 0.2) is 12.4 Å². The predicted molar refractivity (Wildman–Crippen MR) is 114 cm³/mol. The standard InChI is InChI=1S/C24H23N2S/c1-4-26(5-2)22-10-6-20(7-11-22)8-12-23-14-15-24(27-23)13-9-21-16-18-25(3)19-17-21/h6-7,10-11,14-19H,4-5H2,1-3H3/q+1. The Hall–Kier alpha value is -3.01. The summed E-state index contributed by atoms with van der Waals surface area (Å²) >= 11 is 1.63. The number of aromatic nitrogens is 1. The molecule has 0 saturated heterocycles. The van der Waals surface area contributed by atoms with Crippen LogP contribution in [0.5, 0.6) is 0 Å². The lowest BCUT2D eigenvalue weighted by molar-refractivity contribution is -0.671. The zero-order valence-corrected chi connectivity index (χ0v) is 16.8. The molecule has 0 fully saturated rings. The van der Waals surface area contributed by atoms with Gasteiger partial charge in [0, 0.05) is 42.0 Å². The number of benzene rings is 1. The molecule has 0 unspecified atom stereocenters. The monoisotopic (exact) mass is 371 g/mol. The van der Waals surface area contributed by atoms with Gasteiger partial charge in [0.1, 0.15) is 7.05 Å². The fourth-order valence-corrected chi connectivity index (χ4v) is 3.38. The zero-order valence-electron chi connectivity index (χ0n) is 16.0. The van der Waals surface area contributed by atoms with E-state index in [4.69, 9.17) is 0 Å². The van der Waals surface area contributed by atoms with Gasteiger partial charge in [-0.1, -0.05) is 23.7 Å². The van der Waals surface area contributed by atoms with Crippen molar-refractivity contribution < 1.29 is 4.57 Å². The van der Waals surface area contributed by atoms with E-state index in [9.17, 15) is 0 Å². The van der Waals surface area contributed by atoms with Crippen LogP contribution in [0.15, 0.2) is 60.9 Å². The fraction of sp³-hybridized carbons (Fsp3) is 0.208. The van der Waals surface area contributed by atoms with E-state index in [2.05, 4.69) is 66.7 Å². The molecule has 0 spiro atoms. The molecule has 3 aromatic rings. The van der Waals surface area contributed by atoms with Crippen molar-refractivity contribution in [2.24, 2.45) is 7.05 Å². The normalized spacial score (nSPS) is 9.74. The summed E-state index contributed by atoms with van der Waals surface area (Å²) in [6.07, 6.45) is 4.00. The van der Waals surface area contributed by atoms with Crippen molar-refractivity contribution in [3.8, 4) is 23.7 Å². The molecule has 2 nitrogen and oxygen atoms in total. The van der Waals surface area contributed by atoms with Crippen LogP contribution in [-0.2, 0) is 7.05 Å². The molecule has 134 valence electrons. The van der Waals surface area contributed by atoms with Gasteiger partial charge in [-0.25, -0.2) is 4.57 Å².